The number of benzene rings is 2. The summed E-state index contributed by atoms with van der Waals surface area (Å²) in [7, 11) is 1.72. The molecule has 2 aromatic carbocycles. The van der Waals surface area contributed by atoms with Crippen molar-refractivity contribution in [3.8, 4) is 0 Å². The van der Waals surface area contributed by atoms with Crippen LogP contribution in [0.25, 0.3) is 11.2 Å². The highest BCUT2D eigenvalue weighted by Gasteiger charge is 2.23. The molecule has 0 aliphatic carbocycles. The third kappa shape index (κ3) is 4.19. The third-order valence-electron chi connectivity index (χ3n) is 5.97. The van der Waals surface area contributed by atoms with E-state index >= 15 is 0 Å². The number of nitrogens with zero attached hydrogens (tertiary/aromatic N) is 3. The Balaban J connectivity index is 1.83. The number of fused-ring (bicyclic) bond motifs is 1. The van der Waals surface area contributed by atoms with E-state index in [0.717, 1.165) is 17.6 Å². The normalized spacial score (nSPS) is 13.4. The molecule has 4 rings (SSSR count). The smallest absolute Gasteiger partial charge is 0.205 e. The molecule has 0 saturated heterocycles. The highest BCUT2D eigenvalue weighted by Crippen LogP contribution is 2.25. The number of nitrogens with one attached hydrogen (secondary N) is 1. The van der Waals surface area contributed by atoms with Crippen molar-refractivity contribution in [2.24, 2.45) is 0 Å². The van der Waals surface area contributed by atoms with Crippen LogP contribution in [-0.4, -0.2) is 27.8 Å². The Hall–Kier alpha value is -3.18. The molecule has 2 heterocycles. The quantitative estimate of drug-likeness (QED) is 0.464. The number of rotatable bonds is 7. The Bertz CT molecular complexity index is 1220. The van der Waals surface area contributed by atoms with Gasteiger partial charge in [-0.05, 0) is 50.5 Å². The van der Waals surface area contributed by atoms with Crippen molar-refractivity contribution in [2.45, 2.75) is 39.3 Å². The maximum atomic E-state index is 9.14. The van der Waals surface area contributed by atoms with E-state index in [1.165, 1.54) is 22.3 Å². The van der Waals surface area contributed by atoms with Crippen molar-refractivity contribution in [1.82, 2.24) is 14.1 Å². The minimum Gasteiger partial charge on any atom is -0.383 e. The summed E-state index contributed by atoms with van der Waals surface area (Å²) in [5.41, 5.74) is 7.10. The van der Waals surface area contributed by atoms with Gasteiger partial charge in [-0.25, -0.2) is 4.98 Å². The molecule has 0 amide bonds. The monoisotopic (exact) mass is 414 g/mol. The first kappa shape index (κ1) is 21.1. The van der Waals surface area contributed by atoms with Gasteiger partial charge in [0.15, 0.2) is 5.65 Å². The van der Waals surface area contributed by atoms with Crippen LogP contribution in [0.2, 0.25) is 0 Å². The molecule has 0 bridgehead atoms. The first-order valence-electron chi connectivity index (χ1n) is 10.7. The van der Waals surface area contributed by atoms with Crippen LogP contribution in [0.1, 0.15) is 41.3 Å². The fourth-order valence-corrected chi connectivity index (χ4v) is 4.24. The van der Waals surface area contributed by atoms with Crippen molar-refractivity contribution in [1.29, 1.82) is 5.41 Å². The molecule has 0 fully saturated rings. The third-order valence-corrected chi connectivity index (χ3v) is 5.97. The predicted molar refractivity (Wildman–Crippen MR) is 124 cm³/mol. The first-order chi connectivity index (χ1) is 15.0. The van der Waals surface area contributed by atoms with Crippen molar-refractivity contribution in [3.05, 3.63) is 94.7 Å². The summed E-state index contributed by atoms with van der Waals surface area (Å²) in [4.78, 5) is 4.68. The van der Waals surface area contributed by atoms with Gasteiger partial charge in [0.2, 0.25) is 5.62 Å². The van der Waals surface area contributed by atoms with E-state index in [2.05, 4.69) is 84.9 Å². The summed E-state index contributed by atoms with van der Waals surface area (Å²) >= 11 is 0. The van der Waals surface area contributed by atoms with E-state index in [9.17, 15) is 0 Å². The van der Waals surface area contributed by atoms with Gasteiger partial charge in [0, 0.05) is 13.3 Å². The van der Waals surface area contributed by atoms with Gasteiger partial charge in [-0.15, -0.1) is 0 Å². The van der Waals surface area contributed by atoms with Crippen LogP contribution in [0, 0.1) is 19.3 Å². The van der Waals surface area contributed by atoms with Gasteiger partial charge in [-0.1, -0.05) is 59.7 Å². The molecule has 0 aliphatic rings. The number of imidazole rings is 1. The fourth-order valence-electron chi connectivity index (χ4n) is 4.24. The molecule has 2 unspecified atom stereocenters. The Morgan fingerprint density at radius 3 is 2.23 bits per heavy atom. The average Bonchev–Trinajstić information content (AvgIpc) is 3.06. The second kappa shape index (κ2) is 8.90. The molecule has 1 N–H and O–H groups in total. The summed E-state index contributed by atoms with van der Waals surface area (Å²) in [6.07, 6.45) is 2.58. The molecule has 0 spiro atoms. The summed E-state index contributed by atoms with van der Waals surface area (Å²) in [5, 5.41) is 9.14. The van der Waals surface area contributed by atoms with Crippen molar-refractivity contribution < 1.29 is 4.74 Å². The van der Waals surface area contributed by atoms with Gasteiger partial charge in [0.1, 0.15) is 0 Å². The zero-order valence-corrected chi connectivity index (χ0v) is 18.7. The van der Waals surface area contributed by atoms with Crippen LogP contribution in [0.15, 0.2) is 66.9 Å². The van der Waals surface area contributed by atoms with Gasteiger partial charge in [0.05, 0.1) is 24.2 Å². The van der Waals surface area contributed by atoms with Crippen LogP contribution in [0.4, 0.5) is 0 Å². The van der Waals surface area contributed by atoms with E-state index in [1.807, 2.05) is 10.6 Å². The first-order valence-corrected chi connectivity index (χ1v) is 10.7. The van der Waals surface area contributed by atoms with E-state index in [0.29, 0.717) is 12.2 Å². The average molecular weight is 415 g/mol. The molecule has 5 nitrogen and oxygen atoms in total. The highest BCUT2D eigenvalue weighted by atomic mass is 16.5. The molecule has 31 heavy (non-hydrogen) atoms. The van der Waals surface area contributed by atoms with Crippen LogP contribution < -0.4 is 5.62 Å². The zero-order chi connectivity index (χ0) is 22.0. The molecule has 0 radical (unpaired) electrons. The number of ether oxygens (including phenoxy) is 1. The Labute approximate surface area is 183 Å². The Morgan fingerprint density at radius 1 is 0.935 bits per heavy atom. The van der Waals surface area contributed by atoms with Crippen molar-refractivity contribution in [3.63, 3.8) is 0 Å². The topological polar surface area (TPSA) is 55.8 Å². The van der Waals surface area contributed by atoms with Crippen LogP contribution in [0.5, 0.6) is 0 Å². The van der Waals surface area contributed by atoms with Crippen LogP contribution in [-0.2, 0) is 11.2 Å². The number of hydrogen-bond donors (Lipinski definition) is 1. The van der Waals surface area contributed by atoms with Crippen molar-refractivity contribution >= 4 is 11.2 Å². The SMILES string of the molecule is COCC(Cc1ccc(C)cc1)n1c(=N)n(C(C)c2ccc(C)cc2)c2cccnc21. The van der Waals surface area contributed by atoms with E-state index in [4.69, 9.17) is 10.1 Å². The Kier molecular flexibility index (Phi) is 6.05. The molecule has 2 aromatic heterocycles. The van der Waals surface area contributed by atoms with Gasteiger partial charge in [-0.3, -0.25) is 9.98 Å². The molecule has 5 heteroatoms. The maximum absolute atomic E-state index is 9.14. The lowest BCUT2D eigenvalue weighted by Gasteiger charge is -2.19. The number of methoxy groups -OCH3 is 1. The van der Waals surface area contributed by atoms with E-state index in [1.54, 1.807) is 13.3 Å². The van der Waals surface area contributed by atoms with Gasteiger partial charge in [-0.2, -0.15) is 0 Å². The minimum absolute atomic E-state index is 0.0172. The number of aromatic nitrogens is 3. The van der Waals surface area contributed by atoms with Crippen LogP contribution in [0.3, 0.4) is 0 Å². The molecule has 160 valence electrons. The van der Waals surface area contributed by atoms with Gasteiger partial charge < -0.3 is 9.30 Å². The Morgan fingerprint density at radius 2 is 1.58 bits per heavy atom. The molecule has 0 aliphatic heterocycles. The van der Waals surface area contributed by atoms with E-state index < -0.39 is 0 Å². The lowest BCUT2D eigenvalue weighted by molar-refractivity contribution is 0.153. The maximum Gasteiger partial charge on any atom is 0.205 e. The molecule has 0 saturated carbocycles. The fraction of sp³-hybridized carbons (Fsp3) is 0.308. The van der Waals surface area contributed by atoms with Gasteiger partial charge in [0.25, 0.3) is 0 Å². The lowest BCUT2D eigenvalue weighted by Crippen LogP contribution is -2.32. The summed E-state index contributed by atoms with van der Waals surface area (Å²) in [6, 6.07) is 21.1. The van der Waals surface area contributed by atoms with Crippen LogP contribution >= 0.6 is 0 Å². The van der Waals surface area contributed by atoms with Gasteiger partial charge >= 0.3 is 0 Å². The predicted octanol–water partition coefficient (Wildman–Crippen LogP) is 4.97. The number of hydrogen-bond acceptors (Lipinski definition) is 3. The molecule has 4 aromatic rings. The largest absolute Gasteiger partial charge is 0.383 e. The number of pyridine rings is 1. The second-order valence-electron chi connectivity index (χ2n) is 8.30. The van der Waals surface area contributed by atoms with Crippen molar-refractivity contribution in [2.75, 3.05) is 13.7 Å². The minimum atomic E-state index is -0.0240. The summed E-state index contributed by atoms with van der Waals surface area (Å²) in [6.45, 7) is 6.84. The second-order valence-corrected chi connectivity index (χ2v) is 8.30. The standard InChI is InChI=1S/C26H30N4O/c1-18-7-11-21(12-8-18)16-23(17-31-4)30-25-24(6-5-15-28-25)29(26(30)27)20(3)22-13-9-19(2)10-14-22/h5-15,20,23,27H,16-17H2,1-4H3. The zero-order valence-electron chi connectivity index (χ0n) is 18.7. The summed E-state index contributed by atoms with van der Waals surface area (Å²) < 4.78 is 9.69. The molecule has 2 atom stereocenters. The molecular formula is C26H30N4O. The highest BCUT2D eigenvalue weighted by molar-refractivity contribution is 5.72. The molecular weight excluding hydrogens is 384 g/mol. The lowest BCUT2D eigenvalue weighted by atomic mass is 10.0. The van der Waals surface area contributed by atoms with E-state index in [-0.39, 0.29) is 12.1 Å². The number of aryl methyl sites for hydroxylation is 2. The summed E-state index contributed by atoms with van der Waals surface area (Å²) in [5.74, 6) is 0.